The van der Waals surface area contributed by atoms with Crippen LogP contribution in [0.1, 0.15) is 84.2 Å². The van der Waals surface area contributed by atoms with E-state index in [1.54, 1.807) is 0 Å². The minimum atomic E-state index is -4.71. The van der Waals surface area contributed by atoms with Crippen LogP contribution in [0.25, 0.3) is 11.1 Å². The SMILES string of the molecule is COCC(c1ccc2oc(C(NC(=O)c3nonc3C3CC3)C3CCC(F)(F)CC3)nc2c1F)N1CC(C(F)(F)F)NC1=O. The molecule has 0 spiro atoms. The average Bonchev–Trinajstić information content (AvgIpc) is 3.34. The van der Waals surface area contributed by atoms with Crippen LogP contribution in [0, 0.1) is 11.7 Å². The monoisotopic (exact) mass is 630 g/mol. The Bertz CT molecular complexity index is 1550. The maximum atomic E-state index is 16.0. The number of benzene rings is 1. The maximum Gasteiger partial charge on any atom is 0.410 e. The highest BCUT2D eigenvalue weighted by Crippen LogP contribution is 2.43. The second-order valence-corrected chi connectivity index (χ2v) is 11.5. The van der Waals surface area contributed by atoms with Gasteiger partial charge in [-0.05, 0) is 42.8 Å². The van der Waals surface area contributed by atoms with Crippen molar-refractivity contribution in [2.75, 3.05) is 20.3 Å². The number of carbonyl (C=O) groups is 2. The van der Waals surface area contributed by atoms with Crippen molar-refractivity contribution in [2.45, 2.75) is 74.7 Å². The fourth-order valence-corrected chi connectivity index (χ4v) is 5.87. The Morgan fingerprint density at radius 1 is 1.20 bits per heavy atom. The number of urea groups is 1. The van der Waals surface area contributed by atoms with E-state index in [0.29, 0.717) is 5.69 Å². The number of carbonyl (C=O) groups excluding carboxylic acids is 2. The van der Waals surface area contributed by atoms with E-state index in [0.717, 1.165) is 17.7 Å². The second kappa shape index (κ2) is 11.2. The summed E-state index contributed by atoms with van der Waals surface area (Å²) in [7, 11) is 1.26. The molecule has 2 aromatic heterocycles. The third kappa shape index (κ3) is 5.80. The quantitative estimate of drug-likeness (QED) is 0.310. The van der Waals surface area contributed by atoms with Crippen LogP contribution in [-0.4, -0.2) is 70.5 Å². The highest BCUT2D eigenvalue weighted by Gasteiger charge is 2.49. The van der Waals surface area contributed by atoms with Gasteiger partial charge in [-0.3, -0.25) is 4.79 Å². The lowest BCUT2D eigenvalue weighted by Gasteiger charge is -2.32. The van der Waals surface area contributed by atoms with E-state index in [1.165, 1.54) is 19.2 Å². The van der Waals surface area contributed by atoms with Crippen molar-refractivity contribution in [2.24, 2.45) is 5.92 Å². The minimum Gasteiger partial charge on any atom is -0.438 e. The van der Waals surface area contributed by atoms with E-state index < -0.39 is 73.3 Å². The molecule has 3 heterocycles. The standard InChI is InChI=1S/C27H28F6N6O5/c1-42-11-15(39-10-17(27(31,32)33)34-25(39)41)14-4-5-16-21(18(14)28)36-24(43-16)20(13-6-8-26(29,30)9-7-13)35-23(40)22-19(12-2-3-12)37-44-38-22/h4-5,12-13,15,17,20H,2-3,6-11H2,1H3,(H,34,41)(H,35,40). The molecule has 238 valence electrons. The molecule has 0 bridgehead atoms. The molecule has 3 atom stereocenters. The van der Waals surface area contributed by atoms with Crippen LogP contribution in [0.3, 0.4) is 0 Å². The molecule has 2 aliphatic carbocycles. The zero-order valence-electron chi connectivity index (χ0n) is 23.3. The third-order valence-corrected chi connectivity index (χ3v) is 8.42. The number of hydrogen-bond acceptors (Lipinski definition) is 8. The highest BCUT2D eigenvalue weighted by molar-refractivity contribution is 5.93. The number of nitrogens with zero attached hydrogens (tertiary/aromatic N) is 4. The van der Waals surface area contributed by atoms with E-state index in [1.807, 2.05) is 5.32 Å². The van der Waals surface area contributed by atoms with Crippen molar-refractivity contribution >= 4 is 23.0 Å². The summed E-state index contributed by atoms with van der Waals surface area (Å²) in [6.07, 6.45) is -3.94. The Hall–Kier alpha value is -3.89. The molecule has 2 N–H and O–H groups in total. The van der Waals surface area contributed by atoms with Crippen LogP contribution in [0.5, 0.6) is 0 Å². The van der Waals surface area contributed by atoms with Crippen LogP contribution < -0.4 is 10.6 Å². The number of ether oxygens (including phenoxy) is 1. The molecule has 1 saturated heterocycles. The Morgan fingerprint density at radius 3 is 2.57 bits per heavy atom. The molecule has 2 saturated carbocycles. The summed E-state index contributed by atoms with van der Waals surface area (Å²) in [6, 6.07) is -2.89. The Labute approximate surface area is 245 Å². The molecule has 3 aliphatic rings. The Kier molecular flexibility index (Phi) is 7.70. The molecular weight excluding hydrogens is 602 g/mol. The van der Waals surface area contributed by atoms with Gasteiger partial charge in [-0.25, -0.2) is 27.6 Å². The van der Waals surface area contributed by atoms with Crippen molar-refractivity contribution < 1.29 is 49.7 Å². The summed E-state index contributed by atoms with van der Waals surface area (Å²) in [5.41, 5.74) is -0.205. The van der Waals surface area contributed by atoms with Gasteiger partial charge in [0.05, 0.1) is 19.2 Å². The lowest BCUT2D eigenvalue weighted by molar-refractivity contribution is -0.150. The van der Waals surface area contributed by atoms with Crippen molar-refractivity contribution in [3.05, 3.63) is 40.8 Å². The summed E-state index contributed by atoms with van der Waals surface area (Å²) in [4.78, 5) is 30.9. The molecular formula is C27H28F6N6O5. The lowest BCUT2D eigenvalue weighted by atomic mass is 9.82. The first-order valence-electron chi connectivity index (χ1n) is 14.1. The number of fused-ring (bicyclic) bond motifs is 1. The van der Waals surface area contributed by atoms with E-state index in [-0.39, 0.29) is 53.6 Å². The van der Waals surface area contributed by atoms with Crippen LogP contribution in [0.4, 0.5) is 31.1 Å². The summed E-state index contributed by atoms with van der Waals surface area (Å²) < 4.78 is 99.7. The molecule has 44 heavy (non-hydrogen) atoms. The number of nitrogens with one attached hydrogen (secondary N) is 2. The van der Waals surface area contributed by atoms with E-state index in [2.05, 4.69) is 20.6 Å². The van der Waals surface area contributed by atoms with Gasteiger partial charge in [0.2, 0.25) is 11.8 Å². The van der Waals surface area contributed by atoms with Gasteiger partial charge in [0.15, 0.2) is 17.1 Å². The molecule has 1 aliphatic heterocycles. The van der Waals surface area contributed by atoms with Gasteiger partial charge in [-0.2, -0.15) is 13.2 Å². The molecule has 0 radical (unpaired) electrons. The minimum absolute atomic E-state index is 0.0112. The molecule has 11 nitrogen and oxygen atoms in total. The van der Waals surface area contributed by atoms with E-state index in [9.17, 15) is 31.5 Å². The smallest absolute Gasteiger partial charge is 0.410 e. The number of halogens is 6. The molecule has 1 aromatic carbocycles. The van der Waals surface area contributed by atoms with Crippen molar-refractivity contribution in [3.8, 4) is 0 Å². The van der Waals surface area contributed by atoms with Gasteiger partial charge in [-0.15, -0.1) is 0 Å². The van der Waals surface area contributed by atoms with Gasteiger partial charge < -0.3 is 24.7 Å². The summed E-state index contributed by atoms with van der Waals surface area (Å²) in [6.45, 7) is -1.09. The molecule has 3 unspecified atom stereocenters. The number of oxazole rings is 1. The fraction of sp³-hybridized carbons (Fsp3) is 0.593. The van der Waals surface area contributed by atoms with Gasteiger partial charge in [0.1, 0.15) is 23.3 Å². The molecule has 6 rings (SSSR count). The largest absolute Gasteiger partial charge is 0.438 e. The second-order valence-electron chi connectivity index (χ2n) is 11.5. The van der Waals surface area contributed by atoms with Crippen LogP contribution in [-0.2, 0) is 4.74 Å². The lowest BCUT2D eigenvalue weighted by Crippen LogP contribution is -2.40. The first-order valence-corrected chi connectivity index (χ1v) is 14.1. The van der Waals surface area contributed by atoms with Gasteiger partial charge in [-0.1, -0.05) is 11.2 Å². The fourth-order valence-electron chi connectivity index (χ4n) is 5.87. The molecule has 17 heteroatoms. The van der Waals surface area contributed by atoms with Gasteiger partial charge >= 0.3 is 12.2 Å². The van der Waals surface area contributed by atoms with Crippen LogP contribution >= 0.6 is 0 Å². The summed E-state index contributed by atoms with van der Waals surface area (Å²) >= 11 is 0. The van der Waals surface area contributed by atoms with Gasteiger partial charge in [0.25, 0.3) is 5.91 Å². The summed E-state index contributed by atoms with van der Waals surface area (Å²) in [5, 5.41) is 12.1. The highest BCUT2D eigenvalue weighted by atomic mass is 19.4. The van der Waals surface area contributed by atoms with Crippen molar-refractivity contribution in [1.82, 2.24) is 30.8 Å². The predicted molar refractivity (Wildman–Crippen MR) is 137 cm³/mol. The normalized spacial score (nSPS) is 22.3. The van der Waals surface area contributed by atoms with Crippen molar-refractivity contribution in [3.63, 3.8) is 0 Å². The van der Waals surface area contributed by atoms with Crippen molar-refractivity contribution in [1.29, 1.82) is 0 Å². The number of amides is 3. The summed E-state index contributed by atoms with van der Waals surface area (Å²) in [5.74, 6) is -5.20. The van der Waals surface area contributed by atoms with E-state index >= 15 is 4.39 Å². The Morgan fingerprint density at radius 2 is 1.93 bits per heavy atom. The van der Waals surface area contributed by atoms with Crippen LogP contribution in [0.15, 0.2) is 21.2 Å². The van der Waals surface area contributed by atoms with E-state index in [4.69, 9.17) is 13.8 Å². The molecule has 3 fully saturated rings. The van der Waals surface area contributed by atoms with Crippen LogP contribution in [0.2, 0.25) is 0 Å². The number of alkyl halides is 5. The number of hydrogen-bond donors (Lipinski definition) is 2. The number of methoxy groups -OCH3 is 1. The maximum absolute atomic E-state index is 16.0. The zero-order valence-corrected chi connectivity index (χ0v) is 23.3. The van der Waals surface area contributed by atoms with Gasteiger partial charge in [0, 0.05) is 31.4 Å². The first kappa shape index (κ1) is 30.1. The topological polar surface area (TPSA) is 136 Å². The molecule has 3 amide bonds. The predicted octanol–water partition coefficient (Wildman–Crippen LogP) is 5.17. The Balaban J connectivity index is 1.33. The molecule has 3 aromatic rings. The first-order chi connectivity index (χ1) is 20.9. The number of rotatable bonds is 9. The zero-order chi connectivity index (χ0) is 31.4. The number of aromatic nitrogens is 3. The third-order valence-electron chi connectivity index (χ3n) is 8.42. The average molecular weight is 631 g/mol.